The van der Waals surface area contributed by atoms with Crippen molar-refractivity contribution in [3.63, 3.8) is 0 Å². The van der Waals surface area contributed by atoms with Gasteiger partial charge in [0.1, 0.15) is 5.82 Å². The molecule has 0 saturated carbocycles. The molecule has 1 aromatic carbocycles. The van der Waals surface area contributed by atoms with Gasteiger partial charge in [-0.1, -0.05) is 0 Å². The highest BCUT2D eigenvalue weighted by atomic mass is 79.9. The second kappa shape index (κ2) is 5.64. The topological polar surface area (TPSA) is 15.3 Å². The van der Waals surface area contributed by atoms with Crippen LogP contribution in [0, 0.1) is 5.82 Å². The largest absolute Gasteiger partial charge is 0.383 e. The third-order valence-corrected chi connectivity index (χ3v) is 3.53. The van der Waals surface area contributed by atoms with E-state index in [9.17, 15) is 4.39 Å². The molecule has 0 aliphatic carbocycles. The van der Waals surface area contributed by atoms with E-state index in [2.05, 4.69) is 26.1 Å². The lowest BCUT2D eigenvalue weighted by Gasteiger charge is -2.15. The Bertz CT molecular complexity index is 351. The number of hydrogen-bond acceptors (Lipinski definition) is 2. The first-order valence-corrected chi connectivity index (χ1v) is 6.46. The molecule has 1 aromatic rings. The Morgan fingerprint density at radius 2 is 2.06 bits per heavy atom. The summed E-state index contributed by atoms with van der Waals surface area (Å²) in [5.41, 5.74) is 0.959. The van der Waals surface area contributed by atoms with Gasteiger partial charge in [-0.25, -0.2) is 4.39 Å². The summed E-state index contributed by atoms with van der Waals surface area (Å²) in [7, 11) is 0. The molecule has 2 rings (SSSR count). The summed E-state index contributed by atoms with van der Waals surface area (Å²) < 4.78 is 13.6. The predicted molar refractivity (Wildman–Crippen MR) is 68.3 cm³/mol. The van der Waals surface area contributed by atoms with Crippen LogP contribution in [-0.2, 0) is 0 Å². The van der Waals surface area contributed by atoms with Gasteiger partial charge in [0.25, 0.3) is 0 Å². The molecule has 1 saturated heterocycles. The van der Waals surface area contributed by atoms with E-state index in [0.29, 0.717) is 0 Å². The van der Waals surface area contributed by atoms with E-state index < -0.39 is 0 Å². The van der Waals surface area contributed by atoms with E-state index in [-0.39, 0.29) is 5.82 Å². The monoisotopic (exact) mass is 286 g/mol. The molecule has 1 fully saturated rings. The fourth-order valence-corrected chi connectivity index (χ4v) is 2.48. The molecule has 0 unspecified atom stereocenters. The van der Waals surface area contributed by atoms with Gasteiger partial charge >= 0.3 is 0 Å². The SMILES string of the molecule is Fc1ccc(NCCN2CCCC2)c(Br)c1. The van der Waals surface area contributed by atoms with Crippen molar-refractivity contribution in [2.75, 3.05) is 31.5 Å². The zero-order chi connectivity index (χ0) is 11.4. The molecule has 1 aliphatic rings. The predicted octanol–water partition coefficient (Wildman–Crippen LogP) is 3.10. The summed E-state index contributed by atoms with van der Waals surface area (Å²) in [4.78, 5) is 2.45. The number of nitrogens with one attached hydrogen (secondary N) is 1. The molecule has 0 atom stereocenters. The van der Waals surface area contributed by atoms with Gasteiger partial charge < -0.3 is 10.2 Å². The van der Waals surface area contributed by atoms with Gasteiger partial charge in [0.05, 0.1) is 0 Å². The smallest absolute Gasteiger partial charge is 0.124 e. The third kappa shape index (κ3) is 3.19. The summed E-state index contributed by atoms with van der Waals surface area (Å²) in [6.07, 6.45) is 2.64. The van der Waals surface area contributed by atoms with Crippen LogP contribution < -0.4 is 5.32 Å². The van der Waals surface area contributed by atoms with Crippen LogP contribution in [0.1, 0.15) is 12.8 Å². The molecular formula is C12H16BrFN2. The Hall–Kier alpha value is -0.610. The van der Waals surface area contributed by atoms with Crippen molar-refractivity contribution in [1.29, 1.82) is 0 Å². The molecule has 0 spiro atoms. The van der Waals surface area contributed by atoms with Crippen LogP contribution in [0.4, 0.5) is 10.1 Å². The first-order valence-electron chi connectivity index (χ1n) is 5.67. The second-order valence-electron chi connectivity index (χ2n) is 4.10. The quantitative estimate of drug-likeness (QED) is 0.915. The zero-order valence-corrected chi connectivity index (χ0v) is 10.8. The summed E-state index contributed by atoms with van der Waals surface area (Å²) in [5.74, 6) is -0.211. The molecule has 1 aliphatic heterocycles. The molecule has 0 aromatic heterocycles. The maximum Gasteiger partial charge on any atom is 0.124 e. The van der Waals surface area contributed by atoms with Crippen molar-refractivity contribution < 1.29 is 4.39 Å². The molecule has 88 valence electrons. The van der Waals surface area contributed by atoms with Crippen LogP contribution in [0.5, 0.6) is 0 Å². The lowest BCUT2D eigenvalue weighted by Crippen LogP contribution is -2.26. The van der Waals surface area contributed by atoms with Crippen LogP contribution in [0.25, 0.3) is 0 Å². The first-order chi connectivity index (χ1) is 7.75. The van der Waals surface area contributed by atoms with Crippen molar-refractivity contribution in [2.45, 2.75) is 12.8 Å². The number of nitrogens with zero attached hydrogens (tertiary/aromatic N) is 1. The van der Waals surface area contributed by atoms with Crippen molar-refractivity contribution in [2.24, 2.45) is 0 Å². The molecule has 0 bridgehead atoms. The summed E-state index contributed by atoms with van der Waals surface area (Å²) in [6, 6.07) is 4.73. The van der Waals surface area contributed by atoms with Crippen LogP contribution in [0.2, 0.25) is 0 Å². The average molecular weight is 287 g/mol. The molecule has 2 nitrogen and oxygen atoms in total. The van der Waals surface area contributed by atoms with Gasteiger partial charge in [-0.3, -0.25) is 0 Å². The fourth-order valence-electron chi connectivity index (χ4n) is 1.99. The highest BCUT2D eigenvalue weighted by Gasteiger charge is 2.10. The molecule has 1 heterocycles. The number of rotatable bonds is 4. The van der Waals surface area contributed by atoms with E-state index in [1.807, 2.05) is 0 Å². The van der Waals surface area contributed by atoms with Crippen molar-refractivity contribution in [3.8, 4) is 0 Å². The molecule has 4 heteroatoms. The standard InChI is InChI=1S/C12H16BrFN2/c13-11-9-10(14)3-4-12(11)15-5-8-16-6-1-2-7-16/h3-4,9,15H,1-2,5-8H2. The van der Waals surface area contributed by atoms with Crippen molar-refractivity contribution in [3.05, 3.63) is 28.5 Å². The van der Waals surface area contributed by atoms with Gasteiger partial charge in [0.15, 0.2) is 0 Å². The Balaban J connectivity index is 1.80. The minimum atomic E-state index is -0.211. The maximum atomic E-state index is 12.8. The number of halogens is 2. The molecule has 16 heavy (non-hydrogen) atoms. The van der Waals surface area contributed by atoms with E-state index in [4.69, 9.17) is 0 Å². The normalized spacial score (nSPS) is 16.6. The lowest BCUT2D eigenvalue weighted by atomic mass is 10.3. The lowest BCUT2D eigenvalue weighted by molar-refractivity contribution is 0.352. The number of likely N-dealkylation sites (tertiary alicyclic amines) is 1. The highest BCUT2D eigenvalue weighted by molar-refractivity contribution is 9.10. The molecular weight excluding hydrogens is 271 g/mol. The minimum absolute atomic E-state index is 0.211. The van der Waals surface area contributed by atoms with Crippen LogP contribution in [0.3, 0.4) is 0 Å². The zero-order valence-electron chi connectivity index (χ0n) is 9.18. The van der Waals surface area contributed by atoms with Crippen molar-refractivity contribution >= 4 is 21.6 Å². The molecule has 0 amide bonds. The fraction of sp³-hybridized carbons (Fsp3) is 0.500. The second-order valence-corrected chi connectivity index (χ2v) is 4.95. The van der Waals surface area contributed by atoms with Crippen LogP contribution in [0.15, 0.2) is 22.7 Å². The molecule has 1 N–H and O–H groups in total. The molecule has 0 radical (unpaired) electrons. The Morgan fingerprint density at radius 3 is 2.75 bits per heavy atom. The first kappa shape index (κ1) is 11.9. The highest BCUT2D eigenvalue weighted by Crippen LogP contribution is 2.22. The Morgan fingerprint density at radius 1 is 1.31 bits per heavy atom. The van der Waals surface area contributed by atoms with Gasteiger partial charge in [-0.2, -0.15) is 0 Å². The number of benzene rings is 1. The van der Waals surface area contributed by atoms with E-state index in [0.717, 1.165) is 23.2 Å². The summed E-state index contributed by atoms with van der Waals surface area (Å²) >= 11 is 3.34. The van der Waals surface area contributed by atoms with Gasteiger partial charge in [-0.15, -0.1) is 0 Å². The van der Waals surface area contributed by atoms with Gasteiger partial charge in [-0.05, 0) is 60.1 Å². The maximum absolute atomic E-state index is 12.8. The summed E-state index contributed by atoms with van der Waals surface area (Å²) in [6.45, 7) is 4.40. The van der Waals surface area contributed by atoms with Gasteiger partial charge in [0.2, 0.25) is 0 Å². The van der Waals surface area contributed by atoms with Crippen molar-refractivity contribution in [1.82, 2.24) is 4.90 Å². The number of anilines is 1. The summed E-state index contributed by atoms with van der Waals surface area (Å²) in [5, 5.41) is 3.31. The van der Waals surface area contributed by atoms with E-state index in [1.165, 1.54) is 38.1 Å². The van der Waals surface area contributed by atoms with E-state index >= 15 is 0 Å². The van der Waals surface area contributed by atoms with Crippen LogP contribution in [-0.4, -0.2) is 31.1 Å². The Labute approximate surface area is 104 Å². The van der Waals surface area contributed by atoms with E-state index in [1.54, 1.807) is 6.07 Å². The van der Waals surface area contributed by atoms with Gasteiger partial charge in [0, 0.05) is 23.2 Å². The third-order valence-electron chi connectivity index (χ3n) is 2.87. The van der Waals surface area contributed by atoms with Crippen LogP contribution >= 0.6 is 15.9 Å². The average Bonchev–Trinajstić information content (AvgIpc) is 2.74. The minimum Gasteiger partial charge on any atom is -0.383 e. The Kier molecular flexibility index (Phi) is 4.18. The number of hydrogen-bond donors (Lipinski definition) is 1.